The smallest absolute Gasteiger partial charge is 0.348 e. The van der Waals surface area contributed by atoms with E-state index in [4.69, 9.17) is 15.2 Å². The highest BCUT2D eigenvalue weighted by Gasteiger charge is 2.22. The largest absolute Gasteiger partial charge is 0.462 e. The van der Waals surface area contributed by atoms with Crippen LogP contribution in [-0.4, -0.2) is 31.1 Å². The van der Waals surface area contributed by atoms with E-state index in [1.54, 1.807) is 19.1 Å². The van der Waals surface area contributed by atoms with E-state index in [9.17, 15) is 18.8 Å². The van der Waals surface area contributed by atoms with Gasteiger partial charge in [-0.05, 0) is 31.9 Å². The Morgan fingerprint density at radius 2 is 1.96 bits per heavy atom. The number of hydrogen-bond acceptors (Lipinski definition) is 6. The molecule has 0 aliphatic rings. The van der Waals surface area contributed by atoms with Crippen molar-refractivity contribution in [2.24, 2.45) is 5.73 Å². The number of benzene rings is 1. The summed E-state index contributed by atoms with van der Waals surface area (Å²) in [7, 11) is 0. The molecule has 2 aromatic rings. The normalized spacial score (nSPS) is 10.6. The van der Waals surface area contributed by atoms with E-state index in [1.165, 1.54) is 6.07 Å². The van der Waals surface area contributed by atoms with Crippen LogP contribution in [0.4, 0.5) is 9.18 Å². The standard InChI is InChI=1S/C19H23FN2O5S/c1-2-26-18(24)17-12(16-13(20)7-6-8-14(16)28-17)11-27-15(23)9-4-3-5-10-22-19(21)25/h6-8H,2-5,9-11H2,1H3,(H3,21,22,25). The summed E-state index contributed by atoms with van der Waals surface area (Å²) < 4.78 is 25.2. The molecule has 0 bridgehead atoms. The number of thiophene rings is 1. The molecule has 0 aliphatic heterocycles. The van der Waals surface area contributed by atoms with Crippen molar-refractivity contribution < 1.29 is 28.2 Å². The summed E-state index contributed by atoms with van der Waals surface area (Å²) in [6.07, 6.45) is 2.20. The van der Waals surface area contributed by atoms with Crippen LogP contribution < -0.4 is 11.1 Å². The first-order chi connectivity index (χ1) is 13.4. The molecule has 0 saturated heterocycles. The molecule has 28 heavy (non-hydrogen) atoms. The van der Waals surface area contributed by atoms with Gasteiger partial charge in [-0.25, -0.2) is 14.0 Å². The molecule has 0 atom stereocenters. The Bertz CT molecular complexity index is 852. The number of rotatable bonds is 10. The molecule has 1 aromatic carbocycles. The predicted octanol–water partition coefficient (Wildman–Crippen LogP) is 3.49. The number of halogens is 1. The lowest BCUT2D eigenvalue weighted by Crippen LogP contribution is -2.29. The molecule has 1 aromatic heterocycles. The van der Waals surface area contributed by atoms with E-state index < -0.39 is 23.8 Å². The third kappa shape index (κ3) is 5.91. The van der Waals surface area contributed by atoms with Crippen LogP contribution in [0.1, 0.15) is 47.8 Å². The molecule has 0 aliphatic carbocycles. The van der Waals surface area contributed by atoms with Crippen molar-refractivity contribution in [1.29, 1.82) is 0 Å². The highest BCUT2D eigenvalue weighted by molar-refractivity contribution is 7.21. The first-order valence-corrected chi connectivity index (χ1v) is 9.81. The van der Waals surface area contributed by atoms with Gasteiger partial charge in [0.1, 0.15) is 17.3 Å². The van der Waals surface area contributed by atoms with Crippen molar-refractivity contribution in [3.63, 3.8) is 0 Å². The van der Waals surface area contributed by atoms with Gasteiger partial charge in [0, 0.05) is 28.6 Å². The van der Waals surface area contributed by atoms with E-state index >= 15 is 0 Å². The van der Waals surface area contributed by atoms with Crippen LogP contribution >= 0.6 is 11.3 Å². The Morgan fingerprint density at radius 3 is 2.68 bits per heavy atom. The number of hydrogen-bond donors (Lipinski definition) is 2. The van der Waals surface area contributed by atoms with Gasteiger partial charge in [-0.15, -0.1) is 11.3 Å². The molecule has 2 rings (SSSR count). The van der Waals surface area contributed by atoms with Crippen molar-refractivity contribution >= 4 is 39.4 Å². The Hall–Kier alpha value is -2.68. The number of carbonyl (C=O) groups excluding carboxylic acids is 3. The Balaban J connectivity index is 1.97. The minimum atomic E-state index is -0.577. The highest BCUT2D eigenvalue weighted by Crippen LogP contribution is 2.34. The number of primary amides is 1. The van der Waals surface area contributed by atoms with Gasteiger partial charge >= 0.3 is 18.0 Å². The maximum atomic E-state index is 14.3. The summed E-state index contributed by atoms with van der Waals surface area (Å²) in [5, 5.41) is 2.75. The van der Waals surface area contributed by atoms with Gasteiger partial charge in [-0.1, -0.05) is 12.5 Å². The quantitative estimate of drug-likeness (QED) is 0.460. The Labute approximate surface area is 166 Å². The number of fused-ring (bicyclic) bond motifs is 1. The number of amides is 2. The molecule has 0 saturated carbocycles. The first-order valence-electron chi connectivity index (χ1n) is 9.00. The topological polar surface area (TPSA) is 108 Å². The van der Waals surface area contributed by atoms with Gasteiger partial charge in [0.15, 0.2) is 0 Å². The molecular weight excluding hydrogens is 387 g/mol. The van der Waals surface area contributed by atoms with Gasteiger partial charge < -0.3 is 20.5 Å². The highest BCUT2D eigenvalue weighted by atomic mass is 32.1. The predicted molar refractivity (Wildman–Crippen MR) is 104 cm³/mol. The third-order valence-electron chi connectivity index (χ3n) is 3.96. The number of urea groups is 1. The van der Waals surface area contributed by atoms with Gasteiger partial charge in [-0.3, -0.25) is 4.79 Å². The number of ether oxygens (including phenoxy) is 2. The van der Waals surface area contributed by atoms with Crippen LogP contribution in [-0.2, 0) is 20.9 Å². The second kappa shape index (κ2) is 10.6. The number of esters is 2. The van der Waals surface area contributed by atoms with E-state index in [2.05, 4.69) is 5.32 Å². The van der Waals surface area contributed by atoms with E-state index in [1.807, 2.05) is 0 Å². The fourth-order valence-electron chi connectivity index (χ4n) is 2.67. The van der Waals surface area contributed by atoms with Gasteiger partial charge in [-0.2, -0.15) is 0 Å². The summed E-state index contributed by atoms with van der Waals surface area (Å²) in [4.78, 5) is 35.0. The summed E-state index contributed by atoms with van der Waals surface area (Å²) in [6.45, 7) is 2.13. The summed E-state index contributed by atoms with van der Waals surface area (Å²) in [5.41, 5.74) is 5.29. The molecule has 0 unspecified atom stereocenters. The fourth-order valence-corrected chi connectivity index (χ4v) is 3.79. The van der Waals surface area contributed by atoms with Crippen molar-refractivity contribution in [1.82, 2.24) is 5.32 Å². The van der Waals surface area contributed by atoms with Crippen LogP contribution in [0.25, 0.3) is 10.1 Å². The SMILES string of the molecule is CCOC(=O)c1sc2cccc(F)c2c1COC(=O)CCCCCNC(N)=O. The van der Waals surface area contributed by atoms with Crippen LogP contribution in [0.3, 0.4) is 0 Å². The molecule has 1 heterocycles. The second-order valence-corrected chi connectivity index (χ2v) is 7.06. The molecular formula is C19H23FN2O5S. The number of carbonyl (C=O) groups is 3. The third-order valence-corrected chi connectivity index (χ3v) is 5.14. The van der Waals surface area contributed by atoms with Crippen molar-refractivity contribution in [3.8, 4) is 0 Å². The van der Waals surface area contributed by atoms with Gasteiger partial charge in [0.25, 0.3) is 0 Å². The fraction of sp³-hybridized carbons (Fsp3) is 0.421. The second-order valence-electron chi connectivity index (χ2n) is 6.01. The van der Waals surface area contributed by atoms with Crippen LogP contribution in [0.15, 0.2) is 18.2 Å². The number of unbranched alkanes of at least 4 members (excludes halogenated alkanes) is 2. The summed E-state index contributed by atoms with van der Waals surface area (Å²) >= 11 is 1.12. The maximum Gasteiger partial charge on any atom is 0.348 e. The summed E-state index contributed by atoms with van der Waals surface area (Å²) in [5.74, 6) is -1.47. The van der Waals surface area contributed by atoms with E-state index in [0.717, 1.165) is 17.8 Å². The number of nitrogens with one attached hydrogen (secondary N) is 1. The van der Waals surface area contributed by atoms with Crippen molar-refractivity contribution in [2.45, 2.75) is 39.2 Å². The van der Waals surface area contributed by atoms with Crippen molar-refractivity contribution in [3.05, 3.63) is 34.5 Å². The minimum absolute atomic E-state index is 0.190. The molecule has 3 N–H and O–H groups in total. The Kier molecular flexibility index (Phi) is 8.19. The lowest BCUT2D eigenvalue weighted by atomic mass is 10.1. The molecule has 7 nitrogen and oxygen atoms in total. The zero-order valence-electron chi connectivity index (χ0n) is 15.6. The lowest BCUT2D eigenvalue weighted by molar-refractivity contribution is -0.145. The minimum Gasteiger partial charge on any atom is -0.462 e. The van der Waals surface area contributed by atoms with E-state index in [0.29, 0.717) is 29.6 Å². The summed E-state index contributed by atoms with van der Waals surface area (Å²) in [6, 6.07) is 3.99. The average Bonchev–Trinajstić information content (AvgIpc) is 3.03. The zero-order valence-corrected chi connectivity index (χ0v) is 16.4. The monoisotopic (exact) mass is 410 g/mol. The molecule has 0 spiro atoms. The zero-order chi connectivity index (χ0) is 20.5. The lowest BCUT2D eigenvalue weighted by Gasteiger charge is -2.07. The molecule has 0 fully saturated rings. The van der Waals surface area contributed by atoms with Gasteiger partial charge in [0.2, 0.25) is 0 Å². The first kappa shape index (κ1) is 21.6. The van der Waals surface area contributed by atoms with Crippen molar-refractivity contribution in [2.75, 3.05) is 13.2 Å². The van der Waals surface area contributed by atoms with Crippen LogP contribution in [0.5, 0.6) is 0 Å². The van der Waals surface area contributed by atoms with Gasteiger partial charge in [0.05, 0.1) is 6.61 Å². The number of nitrogens with two attached hydrogens (primary N) is 1. The van der Waals surface area contributed by atoms with Crippen LogP contribution in [0.2, 0.25) is 0 Å². The van der Waals surface area contributed by atoms with Crippen LogP contribution in [0, 0.1) is 5.82 Å². The van der Waals surface area contributed by atoms with E-state index in [-0.39, 0.29) is 29.9 Å². The maximum absolute atomic E-state index is 14.3. The average molecular weight is 410 g/mol. The molecule has 9 heteroatoms. The molecule has 152 valence electrons. The molecule has 2 amide bonds. The molecule has 0 radical (unpaired) electrons. The Morgan fingerprint density at radius 1 is 1.18 bits per heavy atom.